The Labute approximate surface area is 155 Å². The molecule has 2 aliphatic rings. The molecule has 0 saturated heterocycles. The third-order valence-corrected chi connectivity index (χ3v) is 5.75. The number of hydrogen-bond donors (Lipinski definition) is 1. The number of nitrogens with one attached hydrogen (secondary N) is 1. The molecule has 3 atom stereocenters. The smallest absolute Gasteiger partial charge is 0.174 e. The molecule has 0 bridgehead atoms. The number of methoxy groups -OCH3 is 2. The maximum atomic E-state index is 14.4. The molecule has 1 aliphatic carbocycles. The van der Waals surface area contributed by atoms with E-state index in [1.807, 2.05) is 18.2 Å². The van der Waals surface area contributed by atoms with Gasteiger partial charge in [-0.1, -0.05) is 24.3 Å². The Balaban J connectivity index is 1.82. The average molecular weight is 404 g/mol. The van der Waals surface area contributed by atoms with Crippen LogP contribution >= 0.6 is 15.9 Å². The lowest BCUT2D eigenvalue weighted by atomic mass is 9.77. The summed E-state index contributed by atoms with van der Waals surface area (Å²) >= 11 is 3.56. The summed E-state index contributed by atoms with van der Waals surface area (Å²) in [5.41, 5.74) is 2.69. The zero-order valence-electron chi connectivity index (χ0n) is 14.1. The van der Waals surface area contributed by atoms with Gasteiger partial charge >= 0.3 is 0 Å². The van der Waals surface area contributed by atoms with Gasteiger partial charge in [-0.05, 0) is 57.6 Å². The van der Waals surface area contributed by atoms with Crippen LogP contribution in [0.2, 0.25) is 0 Å². The second-order valence-electron chi connectivity index (χ2n) is 6.42. The Hall–Kier alpha value is -2.01. The van der Waals surface area contributed by atoms with Crippen LogP contribution in [-0.4, -0.2) is 14.2 Å². The number of para-hydroxylation sites is 1. The first-order valence-electron chi connectivity index (χ1n) is 8.27. The van der Waals surface area contributed by atoms with Crippen LogP contribution in [0.1, 0.15) is 29.5 Å². The van der Waals surface area contributed by atoms with Crippen LogP contribution in [-0.2, 0) is 0 Å². The molecule has 0 saturated carbocycles. The lowest BCUT2D eigenvalue weighted by Gasteiger charge is -2.37. The van der Waals surface area contributed by atoms with E-state index in [1.54, 1.807) is 20.3 Å². The third-order valence-electron chi connectivity index (χ3n) is 5.16. The summed E-state index contributed by atoms with van der Waals surface area (Å²) < 4.78 is 26.1. The minimum atomic E-state index is -0.208. The van der Waals surface area contributed by atoms with Gasteiger partial charge in [-0.3, -0.25) is 0 Å². The molecule has 0 unspecified atom stereocenters. The van der Waals surface area contributed by atoms with E-state index in [9.17, 15) is 4.39 Å². The number of hydrogen-bond acceptors (Lipinski definition) is 3. The molecule has 1 N–H and O–H groups in total. The van der Waals surface area contributed by atoms with Crippen molar-refractivity contribution in [3.63, 3.8) is 0 Å². The molecular weight excluding hydrogens is 385 g/mol. The molecule has 130 valence electrons. The lowest BCUT2D eigenvalue weighted by molar-refractivity contribution is 0.351. The molecule has 4 rings (SSSR count). The van der Waals surface area contributed by atoms with Crippen molar-refractivity contribution in [2.45, 2.75) is 18.4 Å². The van der Waals surface area contributed by atoms with Crippen LogP contribution in [0.5, 0.6) is 11.5 Å². The van der Waals surface area contributed by atoms with Crippen molar-refractivity contribution in [3.05, 3.63) is 63.9 Å². The van der Waals surface area contributed by atoms with E-state index in [4.69, 9.17) is 9.47 Å². The highest BCUT2D eigenvalue weighted by atomic mass is 79.9. The van der Waals surface area contributed by atoms with Crippen molar-refractivity contribution in [2.75, 3.05) is 19.5 Å². The number of benzene rings is 2. The maximum absolute atomic E-state index is 14.4. The molecule has 0 aromatic heterocycles. The zero-order chi connectivity index (χ0) is 17.6. The molecule has 0 amide bonds. The van der Waals surface area contributed by atoms with Crippen LogP contribution in [0, 0.1) is 11.7 Å². The number of allylic oxidation sites excluding steroid dienone is 2. The highest BCUT2D eigenvalue weighted by molar-refractivity contribution is 9.10. The first kappa shape index (κ1) is 16.5. The molecule has 2 aromatic carbocycles. The standard InChI is InChI=1S/C20H19BrFNO2/c1-24-17-10-11(9-15(21)20(17)25-2)18-13-6-3-5-12(13)14-7-4-8-16(22)19(14)23-18/h3-5,7-10,12-13,18,23H,6H2,1-2H3/t12-,13+,18+/m1/s1. The van der Waals surface area contributed by atoms with Gasteiger partial charge in [0.25, 0.3) is 0 Å². The van der Waals surface area contributed by atoms with Crippen LogP contribution in [0.25, 0.3) is 0 Å². The minimum Gasteiger partial charge on any atom is -0.493 e. The topological polar surface area (TPSA) is 30.5 Å². The van der Waals surface area contributed by atoms with E-state index in [0.29, 0.717) is 23.1 Å². The highest BCUT2D eigenvalue weighted by Crippen LogP contribution is 2.51. The number of halogens is 2. The highest BCUT2D eigenvalue weighted by Gasteiger charge is 2.39. The first-order chi connectivity index (χ1) is 12.1. The summed E-state index contributed by atoms with van der Waals surface area (Å²) in [4.78, 5) is 0. The Kier molecular flexibility index (Phi) is 4.20. The zero-order valence-corrected chi connectivity index (χ0v) is 15.6. The molecule has 1 aliphatic heterocycles. The van der Waals surface area contributed by atoms with Crippen molar-refractivity contribution in [1.82, 2.24) is 0 Å². The Bertz CT molecular complexity index is 852. The Morgan fingerprint density at radius 1 is 1.20 bits per heavy atom. The second-order valence-corrected chi connectivity index (χ2v) is 7.27. The number of anilines is 1. The van der Waals surface area contributed by atoms with Crippen molar-refractivity contribution < 1.29 is 13.9 Å². The van der Waals surface area contributed by atoms with E-state index < -0.39 is 0 Å². The Morgan fingerprint density at radius 3 is 2.80 bits per heavy atom. The predicted octanol–water partition coefficient (Wildman–Crippen LogP) is 5.43. The number of rotatable bonds is 3. The van der Waals surface area contributed by atoms with Crippen LogP contribution < -0.4 is 14.8 Å². The van der Waals surface area contributed by atoms with Gasteiger partial charge in [-0.15, -0.1) is 0 Å². The van der Waals surface area contributed by atoms with Gasteiger partial charge in [-0.25, -0.2) is 4.39 Å². The SMILES string of the molecule is COc1cc([C@@H]2Nc3c(F)cccc3[C@@H]3C=CC[C@@H]32)cc(Br)c1OC. The summed E-state index contributed by atoms with van der Waals surface area (Å²) in [6.45, 7) is 0. The van der Waals surface area contributed by atoms with E-state index in [1.165, 1.54) is 6.07 Å². The summed E-state index contributed by atoms with van der Waals surface area (Å²) in [5.74, 6) is 1.69. The van der Waals surface area contributed by atoms with Crippen molar-refractivity contribution in [2.24, 2.45) is 5.92 Å². The van der Waals surface area contributed by atoms with Gasteiger partial charge in [0.05, 0.1) is 30.4 Å². The molecule has 25 heavy (non-hydrogen) atoms. The second kappa shape index (κ2) is 6.37. The molecule has 3 nitrogen and oxygen atoms in total. The average Bonchev–Trinajstić information content (AvgIpc) is 3.10. The van der Waals surface area contributed by atoms with E-state index in [0.717, 1.165) is 22.0 Å². The van der Waals surface area contributed by atoms with Gasteiger partial charge in [0, 0.05) is 5.92 Å². The van der Waals surface area contributed by atoms with E-state index >= 15 is 0 Å². The first-order valence-corrected chi connectivity index (χ1v) is 9.06. The van der Waals surface area contributed by atoms with Gasteiger partial charge in [-0.2, -0.15) is 0 Å². The third kappa shape index (κ3) is 2.61. The fourth-order valence-corrected chi connectivity index (χ4v) is 4.65. The summed E-state index contributed by atoms with van der Waals surface area (Å²) in [6.07, 6.45) is 5.36. The van der Waals surface area contributed by atoms with Gasteiger partial charge in [0.15, 0.2) is 11.5 Å². The van der Waals surface area contributed by atoms with Gasteiger partial charge in [0.2, 0.25) is 0 Å². The normalized spacial score (nSPS) is 23.6. The van der Waals surface area contributed by atoms with E-state index in [2.05, 4.69) is 33.4 Å². The largest absolute Gasteiger partial charge is 0.493 e. The van der Waals surface area contributed by atoms with Crippen LogP contribution in [0.3, 0.4) is 0 Å². The van der Waals surface area contributed by atoms with Crippen molar-refractivity contribution >= 4 is 21.6 Å². The Morgan fingerprint density at radius 2 is 2.04 bits per heavy atom. The number of fused-ring (bicyclic) bond motifs is 3. The molecular formula is C20H19BrFNO2. The molecule has 0 fully saturated rings. The summed E-state index contributed by atoms with van der Waals surface area (Å²) in [6, 6.07) is 9.31. The lowest BCUT2D eigenvalue weighted by Crippen LogP contribution is -2.29. The summed E-state index contributed by atoms with van der Waals surface area (Å²) in [7, 11) is 3.24. The quantitative estimate of drug-likeness (QED) is 0.692. The fraction of sp³-hybridized carbons (Fsp3) is 0.300. The summed E-state index contributed by atoms with van der Waals surface area (Å²) in [5, 5.41) is 3.44. The van der Waals surface area contributed by atoms with Crippen LogP contribution in [0.15, 0.2) is 47.0 Å². The monoisotopic (exact) mass is 403 g/mol. The van der Waals surface area contributed by atoms with Crippen molar-refractivity contribution in [1.29, 1.82) is 0 Å². The molecule has 0 radical (unpaired) electrons. The minimum absolute atomic E-state index is 0.000469. The van der Waals surface area contributed by atoms with Crippen LogP contribution in [0.4, 0.5) is 10.1 Å². The van der Waals surface area contributed by atoms with Crippen molar-refractivity contribution in [3.8, 4) is 11.5 Å². The predicted molar refractivity (Wildman–Crippen MR) is 100.0 cm³/mol. The van der Waals surface area contributed by atoms with E-state index in [-0.39, 0.29) is 17.8 Å². The molecule has 2 aromatic rings. The molecule has 5 heteroatoms. The fourth-order valence-electron chi connectivity index (χ4n) is 4.03. The van der Waals surface area contributed by atoms with Gasteiger partial charge in [0.1, 0.15) is 5.82 Å². The number of ether oxygens (including phenoxy) is 2. The molecule has 1 heterocycles. The maximum Gasteiger partial charge on any atom is 0.174 e. The van der Waals surface area contributed by atoms with Gasteiger partial charge < -0.3 is 14.8 Å². The molecule has 0 spiro atoms.